The van der Waals surface area contributed by atoms with E-state index in [2.05, 4.69) is 20.8 Å². The second-order valence-electron chi connectivity index (χ2n) is 12.5. The van der Waals surface area contributed by atoms with E-state index < -0.39 is 0 Å². The minimum Gasteiger partial charge on any atom is -0.241 e. The summed E-state index contributed by atoms with van der Waals surface area (Å²) in [6.07, 6.45) is 43.1. The molecule has 1 rings (SSSR count). The topological polar surface area (TPSA) is 25.8 Å². The summed E-state index contributed by atoms with van der Waals surface area (Å²) >= 11 is 0. The molecule has 0 amide bonds. The van der Waals surface area contributed by atoms with E-state index >= 15 is 0 Å². The molecule has 228 valence electrons. The predicted molar refractivity (Wildman–Crippen MR) is 175 cm³/mol. The van der Waals surface area contributed by atoms with Gasteiger partial charge in [-0.2, -0.15) is 0 Å². The van der Waals surface area contributed by atoms with Gasteiger partial charge in [-0.1, -0.05) is 175 Å². The first kappa shape index (κ1) is 36.1. The maximum Gasteiger partial charge on any atom is 0.115 e. The van der Waals surface area contributed by atoms with Crippen LogP contribution in [0.1, 0.15) is 211 Å². The number of unbranched alkanes of at least 4 members (excludes halogenated alkanes) is 24. The summed E-state index contributed by atoms with van der Waals surface area (Å²) in [5, 5.41) is 0. The van der Waals surface area contributed by atoms with Crippen molar-refractivity contribution in [3.63, 3.8) is 0 Å². The summed E-state index contributed by atoms with van der Waals surface area (Å²) in [6.45, 7) is 6.92. The van der Waals surface area contributed by atoms with Crippen molar-refractivity contribution in [2.45, 2.75) is 213 Å². The lowest BCUT2D eigenvalue weighted by Crippen LogP contribution is -2.07. The third-order valence-electron chi connectivity index (χ3n) is 8.69. The van der Waals surface area contributed by atoms with Gasteiger partial charge in [-0.15, -0.1) is 0 Å². The minimum atomic E-state index is 1.16. The van der Waals surface area contributed by atoms with Crippen molar-refractivity contribution in [3.8, 4) is 0 Å². The molecule has 2 heteroatoms. The molecule has 0 aliphatic carbocycles. The molecular formula is C37H70N2. The first-order valence-electron chi connectivity index (χ1n) is 18.1. The molecule has 1 heterocycles. The van der Waals surface area contributed by atoms with Crippen molar-refractivity contribution in [3.05, 3.63) is 23.3 Å². The maximum atomic E-state index is 4.85. The van der Waals surface area contributed by atoms with Gasteiger partial charge in [-0.05, 0) is 44.1 Å². The third-order valence-corrected chi connectivity index (χ3v) is 8.69. The van der Waals surface area contributed by atoms with E-state index in [4.69, 9.17) is 9.97 Å². The highest BCUT2D eigenvalue weighted by Gasteiger charge is 2.11. The van der Waals surface area contributed by atoms with Crippen LogP contribution < -0.4 is 0 Å². The average Bonchev–Trinajstić information content (AvgIpc) is 2.95. The average molecular weight is 543 g/mol. The number of aryl methyl sites for hydroxylation is 2. The van der Waals surface area contributed by atoms with E-state index in [0.29, 0.717) is 0 Å². The van der Waals surface area contributed by atoms with Crippen molar-refractivity contribution in [1.29, 1.82) is 0 Å². The van der Waals surface area contributed by atoms with Gasteiger partial charge in [0.25, 0.3) is 0 Å². The van der Waals surface area contributed by atoms with E-state index in [-0.39, 0.29) is 0 Å². The highest BCUT2D eigenvalue weighted by molar-refractivity contribution is 5.25. The van der Waals surface area contributed by atoms with Gasteiger partial charge >= 0.3 is 0 Å². The van der Waals surface area contributed by atoms with Crippen LogP contribution in [0.4, 0.5) is 0 Å². The van der Waals surface area contributed by atoms with Crippen molar-refractivity contribution >= 4 is 0 Å². The van der Waals surface area contributed by atoms with Gasteiger partial charge in [0.2, 0.25) is 0 Å². The summed E-state index contributed by atoms with van der Waals surface area (Å²) in [4.78, 5) is 9.69. The van der Waals surface area contributed by atoms with Crippen LogP contribution in [0, 0.1) is 0 Å². The highest BCUT2D eigenvalue weighted by atomic mass is 14.8. The van der Waals surface area contributed by atoms with E-state index in [1.54, 1.807) is 5.56 Å². The highest BCUT2D eigenvalue weighted by Crippen LogP contribution is 2.21. The van der Waals surface area contributed by atoms with Crippen LogP contribution in [0.2, 0.25) is 0 Å². The summed E-state index contributed by atoms with van der Waals surface area (Å²) in [5.41, 5.74) is 4.32. The molecule has 0 saturated carbocycles. The van der Waals surface area contributed by atoms with Gasteiger partial charge < -0.3 is 0 Å². The molecule has 0 aromatic carbocycles. The molecule has 0 atom stereocenters. The first-order chi connectivity index (χ1) is 19.3. The Balaban J connectivity index is 2.44. The standard InChI is InChI=1S/C37H70N2/c1-4-7-10-13-16-19-22-25-28-31-35-36(32-29-26-23-20-17-14-11-8-5-2)38-34-39-37(35)33-30-27-24-21-18-15-12-9-6-3/h34H,4-33H2,1-3H3. The molecule has 1 aromatic heterocycles. The summed E-state index contributed by atoms with van der Waals surface area (Å²) in [6, 6.07) is 0. The van der Waals surface area contributed by atoms with Gasteiger partial charge in [0, 0.05) is 11.4 Å². The molecule has 0 N–H and O–H groups in total. The molecule has 0 aliphatic heterocycles. The number of hydrogen-bond donors (Lipinski definition) is 0. The Morgan fingerprint density at radius 3 is 0.897 bits per heavy atom. The number of rotatable bonds is 30. The molecular weight excluding hydrogens is 472 g/mol. The van der Waals surface area contributed by atoms with Crippen LogP contribution >= 0.6 is 0 Å². The van der Waals surface area contributed by atoms with Gasteiger partial charge in [0.1, 0.15) is 6.33 Å². The number of aromatic nitrogens is 2. The fraction of sp³-hybridized carbons (Fsp3) is 0.892. The fourth-order valence-corrected chi connectivity index (χ4v) is 6.03. The molecule has 2 nitrogen and oxygen atoms in total. The van der Waals surface area contributed by atoms with Crippen molar-refractivity contribution in [2.75, 3.05) is 0 Å². The van der Waals surface area contributed by atoms with Crippen molar-refractivity contribution < 1.29 is 0 Å². The zero-order valence-electron chi connectivity index (χ0n) is 27.2. The molecule has 0 spiro atoms. The molecule has 1 aromatic rings. The lowest BCUT2D eigenvalue weighted by Gasteiger charge is -2.14. The summed E-state index contributed by atoms with van der Waals surface area (Å²) < 4.78 is 0. The third kappa shape index (κ3) is 21.5. The Morgan fingerprint density at radius 2 is 0.590 bits per heavy atom. The second-order valence-corrected chi connectivity index (χ2v) is 12.5. The van der Waals surface area contributed by atoms with Crippen LogP contribution in [0.5, 0.6) is 0 Å². The van der Waals surface area contributed by atoms with Crippen LogP contribution in [-0.2, 0) is 19.3 Å². The van der Waals surface area contributed by atoms with Gasteiger partial charge in [-0.25, -0.2) is 9.97 Å². The maximum absolute atomic E-state index is 4.85. The molecule has 0 unspecified atom stereocenters. The van der Waals surface area contributed by atoms with Crippen molar-refractivity contribution in [1.82, 2.24) is 9.97 Å². The predicted octanol–water partition coefficient (Wildman–Crippen LogP) is 12.7. The Morgan fingerprint density at radius 1 is 0.333 bits per heavy atom. The smallest absolute Gasteiger partial charge is 0.115 e. The monoisotopic (exact) mass is 543 g/mol. The fourth-order valence-electron chi connectivity index (χ4n) is 6.03. The van der Waals surface area contributed by atoms with Gasteiger partial charge in [0.05, 0.1) is 0 Å². The lowest BCUT2D eigenvalue weighted by atomic mass is 9.96. The first-order valence-corrected chi connectivity index (χ1v) is 18.1. The largest absolute Gasteiger partial charge is 0.241 e. The molecule has 39 heavy (non-hydrogen) atoms. The Labute approximate surface area is 246 Å². The number of hydrogen-bond acceptors (Lipinski definition) is 2. The lowest BCUT2D eigenvalue weighted by molar-refractivity contribution is 0.554. The SMILES string of the molecule is CCCCCCCCCCCc1ncnc(CCCCCCCCCCC)c1CCCCCCCCCCC. The molecule has 0 bridgehead atoms. The zero-order chi connectivity index (χ0) is 28.1. The van der Waals surface area contributed by atoms with Crippen LogP contribution in [-0.4, -0.2) is 9.97 Å². The molecule has 0 aliphatic rings. The Kier molecular flexibility index (Phi) is 26.5. The quantitative estimate of drug-likeness (QED) is 0.0903. The van der Waals surface area contributed by atoms with Crippen LogP contribution in [0.3, 0.4) is 0 Å². The summed E-state index contributed by atoms with van der Waals surface area (Å²) in [7, 11) is 0. The molecule has 0 saturated heterocycles. The van der Waals surface area contributed by atoms with E-state index in [9.17, 15) is 0 Å². The Bertz CT molecular complexity index is 586. The minimum absolute atomic E-state index is 1.16. The molecule has 0 radical (unpaired) electrons. The second kappa shape index (κ2) is 28.6. The van der Waals surface area contributed by atoms with E-state index in [1.165, 1.54) is 191 Å². The molecule has 0 fully saturated rings. The van der Waals surface area contributed by atoms with Crippen molar-refractivity contribution in [2.24, 2.45) is 0 Å². The van der Waals surface area contributed by atoms with E-state index in [1.807, 2.05) is 6.33 Å². The number of nitrogens with zero attached hydrogens (tertiary/aromatic N) is 2. The normalized spacial score (nSPS) is 11.5. The Hall–Kier alpha value is -0.920. The van der Waals surface area contributed by atoms with Gasteiger partial charge in [0.15, 0.2) is 0 Å². The van der Waals surface area contributed by atoms with Crippen LogP contribution in [0.15, 0.2) is 6.33 Å². The summed E-state index contributed by atoms with van der Waals surface area (Å²) in [5.74, 6) is 0. The van der Waals surface area contributed by atoms with Crippen LogP contribution in [0.25, 0.3) is 0 Å². The van der Waals surface area contributed by atoms with Gasteiger partial charge in [-0.3, -0.25) is 0 Å². The van der Waals surface area contributed by atoms with E-state index in [0.717, 1.165) is 12.8 Å². The zero-order valence-corrected chi connectivity index (χ0v) is 27.2.